The first-order valence-corrected chi connectivity index (χ1v) is 7.21. The summed E-state index contributed by atoms with van der Waals surface area (Å²) in [5.41, 5.74) is 0. The normalized spacial score (nSPS) is 29.4. The molecule has 0 radical (unpaired) electrons. The van der Waals surface area contributed by atoms with Gasteiger partial charge in [0.2, 0.25) is 0 Å². The van der Waals surface area contributed by atoms with Gasteiger partial charge in [0.05, 0.1) is 0 Å². The molecule has 1 saturated carbocycles. The molecule has 0 aromatic rings. The molecule has 0 heterocycles. The highest BCUT2D eigenvalue weighted by molar-refractivity contribution is 6.20. The van der Waals surface area contributed by atoms with Gasteiger partial charge in [0.1, 0.15) is 0 Å². The largest absolute Gasteiger partial charge is 0.123 e. The monoisotopic (exact) mass is 230 g/mol. The van der Waals surface area contributed by atoms with Crippen molar-refractivity contribution in [2.45, 2.75) is 71.1 Å². The molecule has 1 heteroatoms. The van der Waals surface area contributed by atoms with Crippen LogP contribution >= 0.6 is 11.6 Å². The Morgan fingerprint density at radius 2 is 1.67 bits per heavy atom. The fourth-order valence-corrected chi connectivity index (χ4v) is 3.12. The predicted octanol–water partition coefficient (Wildman–Crippen LogP) is 5.25. The van der Waals surface area contributed by atoms with Crippen molar-refractivity contribution in [2.75, 3.05) is 0 Å². The highest BCUT2D eigenvalue weighted by atomic mass is 35.5. The van der Waals surface area contributed by atoms with Crippen molar-refractivity contribution in [2.24, 2.45) is 17.8 Å². The molecular weight excluding hydrogens is 204 g/mol. The third kappa shape index (κ3) is 4.76. The predicted molar refractivity (Wildman–Crippen MR) is 69.5 cm³/mol. The molecule has 0 amide bonds. The van der Waals surface area contributed by atoms with E-state index >= 15 is 0 Å². The number of halogens is 1. The second-order valence-electron chi connectivity index (χ2n) is 5.65. The fraction of sp³-hybridized carbons (Fsp3) is 1.00. The molecule has 1 rings (SSSR count). The summed E-state index contributed by atoms with van der Waals surface area (Å²) in [5, 5.41) is 0.476. The Labute approximate surface area is 101 Å². The third-order valence-corrected chi connectivity index (χ3v) is 4.44. The van der Waals surface area contributed by atoms with Gasteiger partial charge in [-0.3, -0.25) is 0 Å². The molecule has 0 spiro atoms. The third-order valence-electron chi connectivity index (χ3n) is 4.01. The number of alkyl halides is 1. The highest BCUT2D eigenvalue weighted by Gasteiger charge is 2.25. The van der Waals surface area contributed by atoms with E-state index in [2.05, 4.69) is 20.8 Å². The first-order chi connectivity index (χ1) is 7.13. The minimum atomic E-state index is 0.476. The van der Waals surface area contributed by atoms with Gasteiger partial charge in [0, 0.05) is 5.38 Å². The van der Waals surface area contributed by atoms with E-state index in [0.717, 1.165) is 17.8 Å². The van der Waals surface area contributed by atoms with Gasteiger partial charge >= 0.3 is 0 Å². The van der Waals surface area contributed by atoms with Crippen LogP contribution in [-0.2, 0) is 0 Å². The molecule has 1 aliphatic rings. The maximum Gasteiger partial charge on any atom is 0.0336 e. The number of hydrogen-bond donors (Lipinski definition) is 0. The molecule has 1 atom stereocenters. The van der Waals surface area contributed by atoms with E-state index in [-0.39, 0.29) is 0 Å². The minimum absolute atomic E-state index is 0.476. The van der Waals surface area contributed by atoms with Crippen LogP contribution < -0.4 is 0 Å². The minimum Gasteiger partial charge on any atom is -0.123 e. The van der Waals surface area contributed by atoms with Crippen LogP contribution in [0.2, 0.25) is 0 Å². The van der Waals surface area contributed by atoms with Gasteiger partial charge in [-0.1, -0.05) is 33.6 Å². The lowest BCUT2D eigenvalue weighted by molar-refractivity contribution is 0.222. The Hall–Kier alpha value is 0.290. The first kappa shape index (κ1) is 13.4. The summed E-state index contributed by atoms with van der Waals surface area (Å²) >= 11 is 6.16. The standard InChI is InChI=1S/C14H27Cl/c1-4-12(6-5-11(2)3)13-7-9-14(15)10-8-13/h11-14H,4-10H2,1-3H3. The summed E-state index contributed by atoms with van der Waals surface area (Å²) in [5.74, 6) is 2.81. The molecule has 0 aromatic carbocycles. The number of rotatable bonds is 5. The molecule has 1 fully saturated rings. The van der Waals surface area contributed by atoms with Crippen molar-refractivity contribution in [3.8, 4) is 0 Å². The molecular formula is C14H27Cl. The van der Waals surface area contributed by atoms with E-state index in [1.165, 1.54) is 44.9 Å². The van der Waals surface area contributed by atoms with Gasteiger partial charge in [-0.05, 0) is 49.9 Å². The van der Waals surface area contributed by atoms with Crippen LogP contribution in [0.3, 0.4) is 0 Å². The second-order valence-corrected chi connectivity index (χ2v) is 6.27. The van der Waals surface area contributed by atoms with Gasteiger partial charge in [-0.2, -0.15) is 0 Å². The Bertz CT molecular complexity index is 157. The topological polar surface area (TPSA) is 0 Å². The van der Waals surface area contributed by atoms with Gasteiger partial charge in [-0.15, -0.1) is 11.6 Å². The molecule has 0 aliphatic heterocycles. The van der Waals surface area contributed by atoms with Crippen LogP contribution in [-0.4, -0.2) is 5.38 Å². The van der Waals surface area contributed by atoms with Crippen molar-refractivity contribution in [1.29, 1.82) is 0 Å². The van der Waals surface area contributed by atoms with Crippen LogP contribution in [0.5, 0.6) is 0 Å². The summed E-state index contributed by atoms with van der Waals surface area (Å²) in [7, 11) is 0. The molecule has 0 saturated heterocycles. The SMILES string of the molecule is CCC(CCC(C)C)C1CCC(Cl)CC1. The van der Waals surface area contributed by atoms with E-state index in [9.17, 15) is 0 Å². The van der Waals surface area contributed by atoms with Crippen LogP contribution in [0.1, 0.15) is 65.7 Å². The Kier molecular flexibility index (Phi) is 6.04. The molecule has 0 nitrogen and oxygen atoms in total. The van der Waals surface area contributed by atoms with Crippen LogP contribution in [0.4, 0.5) is 0 Å². The molecule has 15 heavy (non-hydrogen) atoms. The van der Waals surface area contributed by atoms with Crippen LogP contribution in [0.25, 0.3) is 0 Å². The maximum atomic E-state index is 6.16. The molecule has 0 bridgehead atoms. The summed E-state index contributed by atoms with van der Waals surface area (Å²) < 4.78 is 0. The summed E-state index contributed by atoms with van der Waals surface area (Å²) in [6.45, 7) is 7.03. The smallest absolute Gasteiger partial charge is 0.0336 e. The molecule has 1 aliphatic carbocycles. The van der Waals surface area contributed by atoms with Gasteiger partial charge in [-0.25, -0.2) is 0 Å². The summed E-state index contributed by atoms with van der Waals surface area (Å²) in [6, 6.07) is 0. The fourth-order valence-electron chi connectivity index (χ4n) is 2.87. The number of hydrogen-bond acceptors (Lipinski definition) is 0. The second kappa shape index (κ2) is 6.78. The average molecular weight is 231 g/mol. The van der Waals surface area contributed by atoms with Crippen LogP contribution in [0.15, 0.2) is 0 Å². The lowest BCUT2D eigenvalue weighted by atomic mass is 9.76. The maximum absolute atomic E-state index is 6.16. The van der Waals surface area contributed by atoms with E-state index in [4.69, 9.17) is 11.6 Å². The molecule has 0 aromatic heterocycles. The zero-order valence-electron chi connectivity index (χ0n) is 10.6. The Balaban J connectivity index is 2.31. The van der Waals surface area contributed by atoms with E-state index in [1.54, 1.807) is 0 Å². The zero-order chi connectivity index (χ0) is 11.3. The van der Waals surface area contributed by atoms with E-state index in [1.807, 2.05) is 0 Å². The quantitative estimate of drug-likeness (QED) is 0.566. The Morgan fingerprint density at radius 1 is 1.07 bits per heavy atom. The average Bonchev–Trinajstić information content (AvgIpc) is 2.21. The lowest BCUT2D eigenvalue weighted by Crippen LogP contribution is -2.22. The van der Waals surface area contributed by atoms with Gasteiger partial charge in [0.15, 0.2) is 0 Å². The van der Waals surface area contributed by atoms with Gasteiger partial charge < -0.3 is 0 Å². The Morgan fingerprint density at radius 3 is 2.13 bits per heavy atom. The van der Waals surface area contributed by atoms with Crippen molar-refractivity contribution in [3.63, 3.8) is 0 Å². The van der Waals surface area contributed by atoms with Crippen molar-refractivity contribution in [3.05, 3.63) is 0 Å². The molecule has 1 unspecified atom stereocenters. The van der Waals surface area contributed by atoms with E-state index < -0.39 is 0 Å². The van der Waals surface area contributed by atoms with Crippen molar-refractivity contribution in [1.82, 2.24) is 0 Å². The highest BCUT2D eigenvalue weighted by Crippen LogP contribution is 2.36. The molecule has 90 valence electrons. The first-order valence-electron chi connectivity index (χ1n) is 6.77. The van der Waals surface area contributed by atoms with Gasteiger partial charge in [0.25, 0.3) is 0 Å². The lowest BCUT2D eigenvalue weighted by Gasteiger charge is -2.32. The summed E-state index contributed by atoms with van der Waals surface area (Å²) in [4.78, 5) is 0. The van der Waals surface area contributed by atoms with Crippen molar-refractivity contribution >= 4 is 11.6 Å². The zero-order valence-corrected chi connectivity index (χ0v) is 11.4. The van der Waals surface area contributed by atoms with Crippen LogP contribution in [0, 0.1) is 17.8 Å². The van der Waals surface area contributed by atoms with E-state index in [0.29, 0.717) is 5.38 Å². The van der Waals surface area contributed by atoms with Crippen molar-refractivity contribution < 1.29 is 0 Å². The molecule has 0 N–H and O–H groups in total. The summed E-state index contributed by atoms with van der Waals surface area (Å²) in [6.07, 6.45) is 9.47.